The molecular weight excluding hydrogens is 152 g/mol. The molecular formula is C9H12N2O. The van der Waals surface area contributed by atoms with E-state index in [0.29, 0.717) is 12.5 Å². The Morgan fingerprint density at radius 1 is 1.58 bits per heavy atom. The van der Waals surface area contributed by atoms with Gasteiger partial charge in [-0.3, -0.25) is 4.79 Å². The van der Waals surface area contributed by atoms with Crippen LogP contribution in [0.25, 0.3) is 0 Å². The van der Waals surface area contributed by atoms with Crippen molar-refractivity contribution in [1.82, 2.24) is 9.80 Å². The smallest absolute Gasteiger partial charge is 0.243 e. The van der Waals surface area contributed by atoms with E-state index in [-0.39, 0.29) is 5.54 Å². The van der Waals surface area contributed by atoms with Crippen LogP contribution in [0.5, 0.6) is 0 Å². The van der Waals surface area contributed by atoms with Crippen molar-refractivity contribution in [3.05, 3.63) is 11.8 Å². The number of likely N-dealkylation sites (N-methyl/N-ethyl adjacent to an activating group) is 1. The van der Waals surface area contributed by atoms with Crippen molar-refractivity contribution in [1.29, 1.82) is 0 Å². The van der Waals surface area contributed by atoms with Crippen LogP contribution in [0.3, 0.4) is 0 Å². The number of hydrogen-bond donors (Lipinski definition) is 0. The second-order valence-electron chi connectivity index (χ2n) is 3.96. The van der Waals surface area contributed by atoms with Gasteiger partial charge in [-0.1, -0.05) is 0 Å². The average molecular weight is 164 g/mol. The van der Waals surface area contributed by atoms with E-state index in [4.69, 9.17) is 0 Å². The fraction of sp³-hybridized carbons (Fsp3) is 0.667. The Hall–Kier alpha value is -0.990. The maximum absolute atomic E-state index is 11.6. The molecule has 2 fully saturated rings. The van der Waals surface area contributed by atoms with Crippen molar-refractivity contribution in [3.63, 3.8) is 0 Å². The van der Waals surface area contributed by atoms with Gasteiger partial charge in [0.15, 0.2) is 0 Å². The van der Waals surface area contributed by atoms with Crippen LogP contribution in [-0.4, -0.2) is 41.4 Å². The van der Waals surface area contributed by atoms with Crippen LogP contribution >= 0.6 is 0 Å². The first-order valence-electron chi connectivity index (χ1n) is 4.49. The van der Waals surface area contributed by atoms with Crippen molar-refractivity contribution in [3.8, 4) is 0 Å². The number of rotatable bonds is 0. The van der Waals surface area contributed by atoms with Crippen LogP contribution in [0, 0.1) is 0 Å². The number of carbonyl (C=O) groups is 1. The van der Waals surface area contributed by atoms with Crippen molar-refractivity contribution in [2.75, 3.05) is 20.1 Å². The lowest BCUT2D eigenvalue weighted by molar-refractivity contribution is -0.135. The summed E-state index contributed by atoms with van der Waals surface area (Å²) in [5.41, 5.74) is 1.48. The van der Waals surface area contributed by atoms with Gasteiger partial charge in [0.1, 0.15) is 5.54 Å². The highest BCUT2D eigenvalue weighted by Crippen LogP contribution is 2.51. The molecule has 1 atom stereocenters. The summed E-state index contributed by atoms with van der Waals surface area (Å²) in [5.74, 6) is 0.299. The Bertz CT molecular complexity index is 297. The zero-order valence-corrected chi connectivity index (χ0v) is 7.21. The van der Waals surface area contributed by atoms with E-state index in [1.807, 2.05) is 11.9 Å². The highest BCUT2D eigenvalue weighted by Gasteiger charge is 2.58. The number of carbonyl (C=O) groups excluding carboxylic acids is 1. The van der Waals surface area contributed by atoms with Crippen LogP contribution in [0.1, 0.15) is 12.8 Å². The predicted octanol–water partition coefficient (Wildman–Crippen LogP) is 0.190. The van der Waals surface area contributed by atoms with Gasteiger partial charge in [-0.2, -0.15) is 0 Å². The van der Waals surface area contributed by atoms with Gasteiger partial charge in [0.2, 0.25) is 5.91 Å². The van der Waals surface area contributed by atoms with Crippen molar-refractivity contribution < 1.29 is 4.79 Å². The molecule has 1 unspecified atom stereocenters. The monoisotopic (exact) mass is 164 g/mol. The van der Waals surface area contributed by atoms with Gasteiger partial charge in [0.05, 0.1) is 6.54 Å². The van der Waals surface area contributed by atoms with E-state index in [1.54, 1.807) is 0 Å². The Balaban J connectivity index is 1.99. The third-order valence-electron chi connectivity index (χ3n) is 3.24. The lowest BCUT2D eigenvalue weighted by Crippen LogP contribution is -2.50. The summed E-state index contributed by atoms with van der Waals surface area (Å²) < 4.78 is 0. The minimum Gasteiger partial charge on any atom is -0.367 e. The van der Waals surface area contributed by atoms with Gasteiger partial charge < -0.3 is 9.80 Å². The molecule has 0 aromatic rings. The molecule has 3 heteroatoms. The largest absolute Gasteiger partial charge is 0.367 e. The molecule has 1 aliphatic carbocycles. The third-order valence-corrected chi connectivity index (χ3v) is 3.24. The molecule has 0 aromatic carbocycles. The summed E-state index contributed by atoms with van der Waals surface area (Å²) in [7, 11) is 2.01. The van der Waals surface area contributed by atoms with E-state index >= 15 is 0 Å². The molecule has 2 aliphatic heterocycles. The zero-order valence-electron chi connectivity index (χ0n) is 7.21. The first-order chi connectivity index (χ1) is 5.74. The Morgan fingerprint density at radius 2 is 2.42 bits per heavy atom. The van der Waals surface area contributed by atoms with Gasteiger partial charge in [-0.15, -0.1) is 0 Å². The molecule has 0 aromatic heterocycles. The average Bonchev–Trinajstić information content (AvgIpc) is 2.54. The van der Waals surface area contributed by atoms with Crippen LogP contribution in [0.4, 0.5) is 0 Å². The Kier molecular flexibility index (Phi) is 0.911. The van der Waals surface area contributed by atoms with Gasteiger partial charge in [0, 0.05) is 19.3 Å². The summed E-state index contributed by atoms with van der Waals surface area (Å²) in [4.78, 5) is 15.7. The highest BCUT2D eigenvalue weighted by molar-refractivity contribution is 5.84. The summed E-state index contributed by atoms with van der Waals surface area (Å²) >= 11 is 0. The van der Waals surface area contributed by atoms with Gasteiger partial charge in [-0.25, -0.2) is 0 Å². The van der Waals surface area contributed by atoms with Crippen LogP contribution in [0.2, 0.25) is 0 Å². The molecule has 1 amide bonds. The number of hydrogen-bond acceptors (Lipinski definition) is 2. The molecule has 3 aliphatic rings. The molecule has 3 nitrogen and oxygen atoms in total. The topological polar surface area (TPSA) is 23.6 Å². The first-order valence-corrected chi connectivity index (χ1v) is 4.49. The van der Waals surface area contributed by atoms with Gasteiger partial charge in [0.25, 0.3) is 0 Å². The second-order valence-corrected chi connectivity index (χ2v) is 3.96. The summed E-state index contributed by atoms with van der Waals surface area (Å²) in [6.07, 6.45) is 4.56. The quantitative estimate of drug-likeness (QED) is 0.510. The Morgan fingerprint density at radius 3 is 3.25 bits per heavy atom. The molecule has 12 heavy (non-hydrogen) atoms. The molecule has 2 saturated heterocycles. The standard InChI is InChI=1S/C9H12N2O/c1-10-6-8(12)11-4-2-3-9(11)5-7(9)10/h5H,2-4,6H2,1H3. The SMILES string of the molecule is CN1CC(=O)N2CCCC23C=C13. The zero-order chi connectivity index (χ0) is 8.34. The number of nitrogens with zero attached hydrogens (tertiary/aromatic N) is 2. The normalized spacial score (nSPS) is 37.8. The minimum absolute atomic E-state index is 0.101. The van der Waals surface area contributed by atoms with E-state index < -0.39 is 0 Å². The maximum atomic E-state index is 11.6. The fourth-order valence-corrected chi connectivity index (χ4v) is 2.61. The lowest BCUT2D eigenvalue weighted by Gasteiger charge is -2.35. The van der Waals surface area contributed by atoms with E-state index in [0.717, 1.165) is 13.0 Å². The fourth-order valence-electron chi connectivity index (χ4n) is 2.61. The van der Waals surface area contributed by atoms with E-state index in [2.05, 4.69) is 11.0 Å². The molecule has 0 N–H and O–H groups in total. The van der Waals surface area contributed by atoms with Crippen LogP contribution in [0.15, 0.2) is 11.8 Å². The van der Waals surface area contributed by atoms with Crippen LogP contribution < -0.4 is 0 Å². The molecule has 64 valence electrons. The van der Waals surface area contributed by atoms with Crippen molar-refractivity contribution >= 4 is 5.91 Å². The highest BCUT2D eigenvalue weighted by atomic mass is 16.2. The minimum atomic E-state index is 0.101. The third kappa shape index (κ3) is 0.531. The van der Waals surface area contributed by atoms with Crippen LogP contribution in [-0.2, 0) is 4.79 Å². The molecule has 0 bridgehead atoms. The maximum Gasteiger partial charge on any atom is 0.243 e. The lowest BCUT2D eigenvalue weighted by atomic mass is 10.1. The molecule has 0 radical (unpaired) electrons. The van der Waals surface area contributed by atoms with Crippen molar-refractivity contribution in [2.45, 2.75) is 18.4 Å². The number of amides is 1. The molecule has 0 saturated carbocycles. The summed E-state index contributed by atoms with van der Waals surface area (Å²) in [6.45, 7) is 1.54. The summed E-state index contributed by atoms with van der Waals surface area (Å²) in [5, 5.41) is 0. The second kappa shape index (κ2) is 1.68. The molecule has 2 heterocycles. The van der Waals surface area contributed by atoms with Gasteiger partial charge >= 0.3 is 0 Å². The Labute approximate surface area is 71.6 Å². The molecule has 1 spiro atoms. The van der Waals surface area contributed by atoms with E-state index in [1.165, 1.54) is 12.1 Å². The van der Waals surface area contributed by atoms with E-state index in [9.17, 15) is 4.79 Å². The molecule has 3 rings (SSSR count). The first kappa shape index (κ1) is 6.52. The van der Waals surface area contributed by atoms with Crippen molar-refractivity contribution in [2.24, 2.45) is 0 Å². The summed E-state index contributed by atoms with van der Waals surface area (Å²) in [6, 6.07) is 0. The van der Waals surface area contributed by atoms with Gasteiger partial charge in [-0.05, 0) is 18.9 Å². The predicted molar refractivity (Wildman–Crippen MR) is 44.4 cm³/mol. The number of piperazine rings is 1.